The molecular formula is C12H23NO2S. The highest BCUT2D eigenvalue weighted by molar-refractivity contribution is 7.81. The van der Waals surface area contributed by atoms with Crippen LogP contribution < -0.4 is 5.73 Å². The number of rotatable bonds is 7. The minimum atomic E-state index is -0.522. The van der Waals surface area contributed by atoms with Gasteiger partial charge in [-0.25, -0.2) is 0 Å². The van der Waals surface area contributed by atoms with Crippen LogP contribution in [0.5, 0.6) is 0 Å². The van der Waals surface area contributed by atoms with E-state index in [0.717, 1.165) is 6.42 Å². The topological polar surface area (TPSA) is 60.2 Å². The fraction of sp³-hybridized carbons (Fsp3) is 0.833. The molecule has 0 aromatic heterocycles. The van der Waals surface area contributed by atoms with E-state index in [-0.39, 0.29) is 17.6 Å². The molecule has 0 aliphatic rings. The lowest BCUT2D eigenvalue weighted by atomic mass is 9.85. The molecule has 3 nitrogen and oxygen atoms in total. The Bertz CT molecular complexity index is 251. The van der Waals surface area contributed by atoms with Crippen molar-refractivity contribution in [2.45, 2.75) is 45.8 Å². The number of nitrogens with two attached hydrogens (primary N) is 1. The first-order valence-corrected chi connectivity index (χ1v) is 6.28. The highest BCUT2D eigenvalue weighted by Gasteiger charge is 2.26. The number of primary amides is 1. The van der Waals surface area contributed by atoms with E-state index < -0.39 is 11.2 Å². The Labute approximate surface area is 104 Å². The van der Waals surface area contributed by atoms with Gasteiger partial charge in [0.25, 0.3) is 0 Å². The second-order valence-corrected chi connectivity index (χ2v) is 5.66. The smallest absolute Gasteiger partial charge is 0.230 e. The summed E-state index contributed by atoms with van der Waals surface area (Å²) in [5.74, 6) is 0.0796. The lowest BCUT2D eigenvalue weighted by Crippen LogP contribution is -2.30. The molecule has 0 radical (unpaired) electrons. The molecule has 0 aromatic carbocycles. The first kappa shape index (κ1) is 15.5. The molecule has 94 valence electrons. The SMILES string of the molecule is CC(C)CC(CC(S)C(N)=O)C(=O)C(C)C. The molecule has 0 aliphatic heterocycles. The lowest BCUT2D eigenvalue weighted by Gasteiger charge is -2.21. The van der Waals surface area contributed by atoms with Gasteiger partial charge in [0.05, 0.1) is 5.25 Å². The Kier molecular flexibility index (Phi) is 6.72. The zero-order valence-electron chi connectivity index (χ0n) is 10.6. The lowest BCUT2D eigenvalue weighted by molar-refractivity contribution is -0.126. The first-order valence-electron chi connectivity index (χ1n) is 5.76. The van der Waals surface area contributed by atoms with Gasteiger partial charge < -0.3 is 5.73 Å². The van der Waals surface area contributed by atoms with Gasteiger partial charge in [-0.3, -0.25) is 9.59 Å². The molecule has 0 fully saturated rings. The van der Waals surface area contributed by atoms with Crippen LogP contribution in [0.4, 0.5) is 0 Å². The largest absolute Gasteiger partial charge is 0.369 e. The molecule has 0 saturated heterocycles. The molecule has 16 heavy (non-hydrogen) atoms. The molecule has 0 heterocycles. The van der Waals surface area contributed by atoms with Crippen molar-refractivity contribution in [3.8, 4) is 0 Å². The van der Waals surface area contributed by atoms with Gasteiger partial charge in [0.2, 0.25) is 5.91 Å². The minimum absolute atomic E-state index is 0.00263. The van der Waals surface area contributed by atoms with Crippen LogP contribution in [0.25, 0.3) is 0 Å². The molecular weight excluding hydrogens is 222 g/mol. The van der Waals surface area contributed by atoms with E-state index in [9.17, 15) is 9.59 Å². The van der Waals surface area contributed by atoms with Crippen molar-refractivity contribution in [2.24, 2.45) is 23.5 Å². The zero-order valence-corrected chi connectivity index (χ0v) is 11.5. The van der Waals surface area contributed by atoms with Crippen molar-refractivity contribution < 1.29 is 9.59 Å². The van der Waals surface area contributed by atoms with E-state index in [1.807, 2.05) is 13.8 Å². The fourth-order valence-electron chi connectivity index (χ4n) is 1.75. The summed E-state index contributed by atoms with van der Waals surface area (Å²) in [6.07, 6.45) is 1.25. The van der Waals surface area contributed by atoms with Gasteiger partial charge in [-0.1, -0.05) is 27.7 Å². The Morgan fingerprint density at radius 2 is 1.62 bits per heavy atom. The van der Waals surface area contributed by atoms with Crippen LogP contribution in [-0.4, -0.2) is 16.9 Å². The van der Waals surface area contributed by atoms with Crippen LogP contribution in [0.1, 0.15) is 40.5 Å². The number of thiol groups is 1. The van der Waals surface area contributed by atoms with Crippen LogP contribution in [0.2, 0.25) is 0 Å². The summed E-state index contributed by atoms with van der Waals surface area (Å²) in [5, 5.41) is -0.522. The molecule has 1 amide bonds. The number of hydrogen-bond acceptors (Lipinski definition) is 3. The molecule has 0 bridgehead atoms. The van der Waals surface area contributed by atoms with E-state index >= 15 is 0 Å². The summed E-state index contributed by atoms with van der Waals surface area (Å²) in [4.78, 5) is 22.9. The molecule has 0 aliphatic carbocycles. The van der Waals surface area contributed by atoms with Gasteiger partial charge in [0, 0.05) is 11.8 Å². The van der Waals surface area contributed by atoms with Gasteiger partial charge in [-0.2, -0.15) is 12.6 Å². The van der Waals surface area contributed by atoms with Crippen molar-refractivity contribution in [3.63, 3.8) is 0 Å². The zero-order chi connectivity index (χ0) is 12.9. The van der Waals surface area contributed by atoms with Crippen LogP contribution in [0.15, 0.2) is 0 Å². The van der Waals surface area contributed by atoms with Crippen molar-refractivity contribution in [3.05, 3.63) is 0 Å². The van der Waals surface area contributed by atoms with E-state index in [4.69, 9.17) is 5.73 Å². The number of ketones is 1. The van der Waals surface area contributed by atoms with Gasteiger partial charge in [0.15, 0.2) is 0 Å². The maximum atomic E-state index is 12.0. The molecule has 0 saturated carbocycles. The van der Waals surface area contributed by atoms with Gasteiger partial charge in [0.1, 0.15) is 5.78 Å². The normalized spacial score (nSPS) is 15.2. The number of hydrogen-bond donors (Lipinski definition) is 2. The second kappa shape index (κ2) is 6.94. The van der Waals surface area contributed by atoms with Crippen molar-refractivity contribution in [1.82, 2.24) is 0 Å². The molecule has 2 N–H and O–H groups in total. The molecule has 4 heteroatoms. The van der Waals surface area contributed by atoms with Crippen LogP contribution in [0, 0.1) is 17.8 Å². The molecule has 2 atom stereocenters. The summed E-state index contributed by atoms with van der Waals surface area (Å²) >= 11 is 4.12. The second-order valence-electron chi connectivity index (χ2n) is 5.04. The average molecular weight is 245 g/mol. The number of amides is 1. The minimum Gasteiger partial charge on any atom is -0.369 e. The summed E-state index contributed by atoms with van der Waals surface area (Å²) in [5.41, 5.74) is 5.16. The van der Waals surface area contributed by atoms with Crippen LogP contribution in [0.3, 0.4) is 0 Å². The average Bonchev–Trinajstić information content (AvgIpc) is 2.14. The Morgan fingerprint density at radius 1 is 1.12 bits per heavy atom. The quantitative estimate of drug-likeness (QED) is 0.674. The van der Waals surface area contributed by atoms with Crippen molar-refractivity contribution >= 4 is 24.3 Å². The molecule has 0 spiro atoms. The van der Waals surface area contributed by atoms with Crippen molar-refractivity contribution in [1.29, 1.82) is 0 Å². The Morgan fingerprint density at radius 3 is 1.94 bits per heavy atom. The van der Waals surface area contributed by atoms with Gasteiger partial charge >= 0.3 is 0 Å². The summed E-state index contributed by atoms with van der Waals surface area (Å²) < 4.78 is 0. The maximum Gasteiger partial charge on any atom is 0.230 e. The predicted octanol–water partition coefficient (Wildman–Crippen LogP) is 2.05. The summed E-state index contributed by atoms with van der Waals surface area (Å²) in [6.45, 7) is 7.90. The van der Waals surface area contributed by atoms with E-state index in [1.165, 1.54) is 0 Å². The maximum absolute atomic E-state index is 12.0. The summed E-state index contributed by atoms with van der Waals surface area (Å²) in [7, 11) is 0. The first-order chi connectivity index (χ1) is 7.25. The number of Topliss-reactive ketones (excluding diaryl/α,β-unsaturated/α-hetero) is 1. The molecule has 0 aromatic rings. The standard InChI is InChI=1S/C12H23NO2S/c1-7(2)5-9(11(14)8(3)4)6-10(16)12(13)15/h7-10,16H,5-6H2,1-4H3,(H2,13,15). The molecule has 2 unspecified atom stereocenters. The highest BCUT2D eigenvalue weighted by Crippen LogP contribution is 2.23. The van der Waals surface area contributed by atoms with Crippen LogP contribution in [-0.2, 0) is 9.59 Å². The van der Waals surface area contributed by atoms with E-state index in [2.05, 4.69) is 26.5 Å². The van der Waals surface area contributed by atoms with Crippen LogP contribution >= 0.6 is 12.6 Å². The highest BCUT2D eigenvalue weighted by atomic mass is 32.1. The number of carbonyl (C=O) groups is 2. The van der Waals surface area contributed by atoms with Crippen molar-refractivity contribution in [2.75, 3.05) is 0 Å². The molecule has 0 rings (SSSR count). The summed E-state index contributed by atoms with van der Waals surface area (Å²) in [6, 6.07) is 0. The predicted molar refractivity (Wildman–Crippen MR) is 69.4 cm³/mol. The van der Waals surface area contributed by atoms with Gasteiger partial charge in [-0.05, 0) is 18.8 Å². The third-order valence-electron chi connectivity index (χ3n) is 2.56. The third-order valence-corrected chi connectivity index (χ3v) is 3.03. The Balaban J connectivity index is 4.55. The van der Waals surface area contributed by atoms with Gasteiger partial charge in [-0.15, -0.1) is 0 Å². The monoisotopic (exact) mass is 245 g/mol. The Hall–Kier alpha value is -0.510. The fourth-order valence-corrected chi connectivity index (χ4v) is 2.01. The van der Waals surface area contributed by atoms with E-state index in [0.29, 0.717) is 12.3 Å². The van der Waals surface area contributed by atoms with E-state index in [1.54, 1.807) is 0 Å². The number of carbonyl (C=O) groups excluding carboxylic acids is 2. The third kappa shape index (κ3) is 5.54.